The topological polar surface area (TPSA) is 46.2 Å². The molecule has 0 amide bonds. The number of fused-ring (bicyclic) bond motifs is 3. The Morgan fingerprint density at radius 3 is 0.851 bits per heavy atom. The highest BCUT2D eigenvalue weighted by atomic mass is 16.5. The quantitative estimate of drug-likeness (QED) is 0.122. The molecule has 12 rings (SSSR count). The molecule has 5 heteroatoms. The van der Waals surface area contributed by atoms with Gasteiger partial charge in [0.05, 0.1) is 12.2 Å². The maximum atomic E-state index is 5.59. The summed E-state index contributed by atoms with van der Waals surface area (Å²) in [6, 6.07) is 0. The molecular formula is C89H176O5. The molecule has 562 valence electrons. The molecule has 12 fully saturated rings. The summed E-state index contributed by atoms with van der Waals surface area (Å²) in [5.74, 6) is 17.0. The van der Waals surface area contributed by atoms with Crippen LogP contribution >= 0.6 is 0 Å². The second-order valence-corrected chi connectivity index (χ2v) is 37.6. The predicted molar refractivity (Wildman–Crippen MR) is 415 cm³/mol. The smallest absolute Gasteiger partial charge is 0.0578 e. The highest BCUT2D eigenvalue weighted by Crippen LogP contribution is 2.53. The summed E-state index contributed by atoms with van der Waals surface area (Å²) in [5.41, 5.74) is 0.808. The average Bonchev–Trinajstić information content (AvgIpc) is 1.01. The Hall–Kier alpha value is -0.200. The van der Waals surface area contributed by atoms with Crippen molar-refractivity contribution in [2.24, 2.45) is 112 Å². The van der Waals surface area contributed by atoms with E-state index < -0.39 is 0 Å². The molecule has 4 atom stereocenters. The van der Waals surface area contributed by atoms with E-state index in [0.717, 1.165) is 165 Å². The van der Waals surface area contributed by atoms with Crippen molar-refractivity contribution in [1.82, 2.24) is 0 Å². The van der Waals surface area contributed by atoms with Gasteiger partial charge in [-0.15, -0.1) is 0 Å². The Morgan fingerprint density at radius 1 is 0.234 bits per heavy atom. The Bertz CT molecular complexity index is 1430. The minimum atomic E-state index is 0.578. The van der Waals surface area contributed by atoms with Crippen molar-refractivity contribution in [1.29, 1.82) is 0 Å². The minimum absolute atomic E-state index is 0.578. The van der Waals surface area contributed by atoms with Gasteiger partial charge >= 0.3 is 0 Å². The van der Waals surface area contributed by atoms with Crippen molar-refractivity contribution in [3.8, 4) is 0 Å². The molecule has 4 unspecified atom stereocenters. The van der Waals surface area contributed by atoms with Crippen LogP contribution in [0.5, 0.6) is 0 Å². The van der Waals surface area contributed by atoms with Gasteiger partial charge in [-0.25, -0.2) is 0 Å². The first-order valence-electron chi connectivity index (χ1n) is 42.8. The van der Waals surface area contributed by atoms with Crippen LogP contribution in [0.4, 0.5) is 0 Å². The fourth-order valence-electron chi connectivity index (χ4n) is 17.5. The van der Waals surface area contributed by atoms with Gasteiger partial charge in [-0.05, 0) is 279 Å². The highest BCUT2D eigenvalue weighted by molar-refractivity contribution is 4.92. The number of rotatable bonds is 20. The molecule has 12 aliphatic rings. The number of ether oxygens (including phenoxy) is 5. The third-order valence-corrected chi connectivity index (χ3v) is 22.2. The van der Waals surface area contributed by atoms with E-state index in [9.17, 15) is 0 Å². The summed E-state index contributed by atoms with van der Waals surface area (Å²) in [6.07, 6.45) is 58.6. The summed E-state index contributed by atoms with van der Waals surface area (Å²) in [6.45, 7) is 54.1. The molecule has 2 bridgehead atoms. The van der Waals surface area contributed by atoms with Gasteiger partial charge < -0.3 is 23.7 Å². The summed E-state index contributed by atoms with van der Waals surface area (Å²) in [5, 5.41) is 0. The second-order valence-electron chi connectivity index (χ2n) is 37.6. The van der Waals surface area contributed by atoms with E-state index in [2.05, 4.69) is 138 Å². The maximum absolute atomic E-state index is 5.59. The molecule has 0 spiro atoms. The summed E-state index contributed by atoms with van der Waals surface area (Å²) < 4.78 is 27.0. The molecule has 0 aromatic heterocycles. The van der Waals surface area contributed by atoms with Crippen molar-refractivity contribution < 1.29 is 23.7 Å². The van der Waals surface area contributed by atoms with E-state index in [1.54, 1.807) is 38.5 Å². The van der Waals surface area contributed by atoms with Gasteiger partial charge in [0, 0.05) is 52.9 Å². The van der Waals surface area contributed by atoms with Crippen LogP contribution in [-0.2, 0) is 23.7 Å². The van der Waals surface area contributed by atoms with Crippen molar-refractivity contribution in [2.75, 3.05) is 52.9 Å². The van der Waals surface area contributed by atoms with E-state index in [0.29, 0.717) is 12.2 Å². The van der Waals surface area contributed by atoms with Crippen LogP contribution < -0.4 is 0 Å². The average molecular weight is 1330 g/mol. The molecule has 5 saturated heterocycles. The lowest BCUT2D eigenvalue weighted by Crippen LogP contribution is -2.34. The molecular weight excluding hydrogens is 1150 g/mol. The van der Waals surface area contributed by atoms with E-state index >= 15 is 0 Å². The Kier molecular flexibility index (Phi) is 53.0. The Balaban J connectivity index is 0.000000357. The van der Waals surface area contributed by atoms with Crippen LogP contribution in [0.25, 0.3) is 0 Å². The molecule has 0 aromatic rings. The third-order valence-electron chi connectivity index (χ3n) is 22.2. The molecule has 7 saturated carbocycles. The lowest BCUT2D eigenvalue weighted by Gasteiger charge is -2.47. The first-order chi connectivity index (χ1) is 44.8. The second kappa shape index (κ2) is 55.4. The zero-order valence-electron chi connectivity index (χ0n) is 68.0. The zero-order chi connectivity index (χ0) is 69.5. The van der Waals surface area contributed by atoms with Gasteiger partial charge in [0.15, 0.2) is 0 Å². The van der Waals surface area contributed by atoms with Gasteiger partial charge in [0.1, 0.15) is 0 Å². The van der Waals surface area contributed by atoms with Crippen molar-refractivity contribution in [2.45, 2.75) is 408 Å². The van der Waals surface area contributed by atoms with E-state index in [1.165, 1.54) is 218 Å². The van der Waals surface area contributed by atoms with Crippen molar-refractivity contribution >= 4 is 0 Å². The summed E-state index contributed by atoms with van der Waals surface area (Å²) in [4.78, 5) is 0. The van der Waals surface area contributed by atoms with Gasteiger partial charge in [-0.1, -0.05) is 228 Å². The van der Waals surface area contributed by atoms with Gasteiger partial charge in [0.25, 0.3) is 0 Å². The lowest BCUT2D eigenvalue weighted by atomic mass is 9.58. The molecule has 0 radical (unpaired) electrons. The third kappa shape index (κ3) is 51.9. The molecule has 0 aromatic carbocycles. The Morgan fingerprint density at radius 2 is 0.532 bits per heavy atom. The van der Waals surface area contributed by atoms with Gasteiger partial charge in [-0.3, -0.25) is 0 Å². The van der Waals surface area contributed by atoms with Crippen LogP contribution in [0, 0.1) is 112 Å². The summed E-state index contributed by atoms with van der Waals surface area (Å²) >= 11 is 0. The molecule has 94 heavy (non-hydrogen) atoms. The molecule has 0 N–H and O–H groups in total. The molecule has 5 nitrogen and oxygen atoms in total. The van der Waals surface area contributed by atoms with Crippen molar-refractivity contribution in [3.05, 3.63) is 0 Å². The first kappa shape index (κ1) is 89.9. The van der Waals surface area contributed by atoms with E-state index in [-0.39, 0.29) is 0 Å². The number of hydrogen-bond donors (Lipinski definition) is 0. The highest BCUT2D eigenvalue weighted by Gasteiger charge is 2.40. The fraction of sp³-hybridized carbons (Fsp3) is 1.00. The fourth-order valence-corrected chi connectivity index (χ4v) is 17.5. The molecule has 5 heterocycles. The SMILES string of the molecule is CC(C)CC12CCC(CC1)CC2.CC(C)CC1CC1.CC(C)CC1CCC1.CC(C)CC1CCCC1.CC(C)CC1CCCCC1.CC(C)CC1CCCCO1.CC(C)CC1CCCO1.CC(C)CC1CCCOC1.CC(C)CC1CCOC1.CC(C)CC1CCOCC1. The van der Waals surface area contributed by atoms with Crippen LogP contribution in [0.2, 0.25) is 0 Å². The van der Waals surface area contributed by atoms with Gasteiger partial charge in [0.2, 0.25) is 0 Å². The summed E-state index contributed by atoms with van der Waals surface area (Å²) in [7, 11) is 0. The lowest BCUT2D eigenvalue weighted by molar-refractivity contribution is 0.00419. The maximum Gasteiger partial charge on any atom is 0.0578 e. The molecule has 7 aliphatic carbocycles. The standard InChI is InChI=1S/C12H22.C10H20.3C9H18O.C9H18.2C8H16O.C8H16.C7H14/c1-10(2)9-12-6-3-11(4-7-12)5-8-12;1-9(2)8-10-6-4-3-5-7-10;1-8(2)7-9-3-5-10-6-4-9;1-8(2)6-9-4-3-5-10-7-9;1-8(2)7-9-5-3-4-6-10-9;1-8(2)7-9-5-3-4-6-9;1-7(2)5-8-3-4-9-6-8;1-7(2)6-8-4-3-5-9-8;1-7(2)6-8-4-3-5-8;1-6(2)5-7-3-4-7/h10-11H,3-9H2,1-2H3;9-10H,3-8H2,1-2H3;3*8-9H,3-7H2,1-2H3;8-9H,3-7H2,1-2H3;2*7-8H,3-6H2,1-2H3;7-8H,3-6H2,1-2H3;6-7H,3-5H2,1-2H3. The number of hydrogen-bond acceptors (Lipinski definition) is 5. The van der Waals surface area contributed by atoms with Crippen LogP contribution in [0.1, 0.15) is 395 Å². The van der Waals surface area contributed by atoms with Gasteiger partial charge in [-0.2, -0.15) is 0 Å². The first-order valence-corrected chi connectivity index (χ1v) is 42.8. The van der Waals surface area contributed by atoms with Crippen LogP contribution in [0.3, 0.4) is 0 Å². The predicted octanol–water partition coefficient (Wildman–Crippen LogP) is 27.9. The van der Waals surface area contributed by atoms with Crippen LogP contribution in [-0.4, -0.2) is 65.1 Å². The van der Waals surface area contributed by atoms with Crippen molar-refractivity contribution in [3.63, 3.8) is 0 Å². The molecule has 5 aliphatic heterocycles. The normalized spacial score (nSPS) is 26.4. The largest absolute Gasteiger partial charge is 0.381 e. The van der Waals surface area contributed by atoms with E-state index in [4.69, 9.17) is 23.7 Å². The monoisotopic (exact) mass is 1330 g/mol. The minimum Gasteiger partial charge on any atom is -0.381 e. The van der Waals surface area contributed by atoms with E-state index in [1.807, 2.05) is 0 Å². The zero-order valence-corrected chi connectivity index (χ0v) is 68.0. The van der Waals surface area contributed by atoms with Crippen LogP contribution in [0.15, 0.2) is 0 Å². The Labute approximate surface area is 592 Å².